The van der Waals surface area contributed by atoms with Gasteiger partial charge in [-0.05, 0) is 49.1 Å². The summed E-state index contributed by atoms with van der Waals surface area (Å²) in [6, 6.07) is 7.72. The van der Waals surface area contributed by atoms with E-state index in [-0.39, 0.29) is 23.5 Å². The van der Waals surface area contributed by atoms with Crippen LogP contribution in [0.3, 0.4) is 0 Å². The number of aryl methyl sites for hydroxylation is 1. The zero-order chi connectivity index (χ0) is 26.6. The van der Waals surface area contributed by atoms with Crippen molar-refractivity contribution in [3.05, 3.63) is 87.3 Å². The minimum atomic E-state index is -4.60. The van der Waals surface area contributed by atoms with Gasteiger partial charge in [-0.25, -0.2) is 19.9 Å². The highest BCUT2D eigenvalue weighted by atomic mass is 35.5. The highest BCUT2D eigenvalue weighted by molar-refractivity contribution is 6.30. The van der Waals surface area contributed by atoms with Gasteiger partial charge in [0.25, 0.3) is 5.91 Å². The molecule has 194 valence electrons. The number of pyridine rings is 2. The molecule has 0 bridgehead atoms. The Morgan fingerprint density at radius 2 is 1.82 bits per heavy atom. The molecule has 2 aliphatic rings. The number of benzene rings is 1. The van der Waals surface area contributed by atoms with E-state index in [2.05, 4.69) is 19.9 Å². The van der Waals surface area contributed by atoms with E-state index in [4.69, 9.17) is 16.3 Å². The van der Waals surface area contributed by atoms with Gasteiger partial charge in [-0.1, -0.05) is 23.7 Å². The lowest BCUT2D eigenvalue weighted by Gasteiger charge is -2.25. The number of aromatic nitrogens is 4. The third kappa shape index (κ3) is 4.58. The molecule has 0 unspecified atom stereocenters. The van der Waals surface area contributed by atoms with E-state index in [1.165, 1.54) is 30.3 Å². The molecular formula is C27H21ClF3N5O2. The fourth-order valence-corrected chi connectivity index (χ4v) is 4.91. The molecule has 0 atom stereocenters. The molecular weight excluding hydrogens is 519 g/mol. The Morgan fingerprint density at radius 3 is 2.50 bits per heavy atom. The molecule has 1 aromatic carbocycles. The van der Waals surface area contributed by atoms with Crippen LogP contribution in [0.25, 0.3) is 10.9 Å². The first-order chi connectivity index (χ1) is 18.2. The summed E-state index contributed by atoms with van der Waals surface area (Å²) in [6.07, 6.45) is 0.371. The van der Waals surface area contributed by atoms with Crippen LogP contribution < -0.4 is 4.90 Å². The number of rotatable bonds is 5. The number of carbonyl (C=O) groups excluding carboxylic acids is 1. The normalized spacial score (nSPS) is 15.1. The minimum Gasteiger partial charge on any atom is -0.372 e. The minimum absolute atomic E-state index is 0.0555. The number of alkyl halides is 3. The Bertz CT molecular complexity index is 1570. The van der Waals surface area contributed by atoms with Crippen molar-refractivity contribution >= 4 is 34.1 Å². The van der Waals surface area contributed by atoms with Crippen molar-refractivity contribution in [1.29, 1.82) is 0 Å². The van der Waals surface area contributed by atoms with Crippen molar-refractivity contribution in [2.75, 3.05) is 4.90 Å². The Balaban J connectivity index is 1.39. The number of carbonyl (C=O) groups is 1. The van der Waals surface area contributed by atoms with Crippen molar-refractivity contribution in [2.45, 2.75) is 51.6 Å². The highest BCUT2D eigenvalue weighted by Gasteiger charge is 2.34. The maximum atomic E-state index is 13.7. The number of amides is 1. The average Bonchev–Trinajstić information content (AvgIpc) is 3.62. The van der Waals surface area contributed by atoms with Gasteiger partial charge in [0.2, 0.25) is 0 Å². The van der Waals surface area contributed by atoms with Crippen LogP contribution >= 0.6 is 11.6 Å². The molecule has 1 aliphatic heterocycles. The van der Waals surface area contributed by atoms with Crippen LogP contribution in [-0.4, -0.2) is 25.8 Å². The summed E-state index contributed by atoms with van der Waals surface area (Å²) in [5.41, 5.74) is 2.73. The Kier molecular flexibility index (Phi) is 6.03. The Labute approximate surface area is 220 Å². The third-order valence-corrected chi connectivity index (χ3v) is 7.11. The number of halogens is 4. The molecule has 0 saturated heterocycles. The molecule has 1 amide bonds. The second kappa shape index (κ2) is 9.28. The van der Waals surface area contributed by atoms with Crippen molar-refractivity contribution in [2.24, 2.45) is 0 Å². The molecule has 1 aliphatic carbocycles. The fraction of sp³-hybridized carbons (Fsp3) is 0.296. The summed E-state index contributed by atoms with van der Waals surface area (Å²) >= 11 is 6.38. The molecule has 11 heteroatoms. The lowest BCUT2D eigenvalue weighted by molar-refractivity contribution is -0.141. The zero-order valence-electron chi connectivity index (χ0n) is 20.2. The SMILES string of the molecule is Cc1nc(C(F)(F)F)ccc1N(Cc1ccc2c3c(c(Cl)nc2c1)COC3)C(=O)c1cnc(C2CC2)nc1. The third-order valence-electron chi connectivity index (χ3n) is 6.80. The molecule has 4 aromatic rings. The molecule has 0 spiro atoms. The maximum absolute atomic E-state index is 13.7. The van der Waals surface area contributed by atoms with Crippen LogP contribution in [-0.2, 0) is 30.7 Å². The molecule has 6 rings (SSSR count). The number of hydrogen-bond acceptors (Lipinski definition) is 6. The quantitative estimate of drug-likeness (QED) is 0.283. The van der Waals surface area contributed by atoms with E-state index in [1.807, 2.05) is 18.2 Å². The van der Waals surface area contributed by atoms with Gasteiger partial charge in [-0.15, -0.1) is 0 Å². The average molecular weight is 540 g/mol. The number of fused-ring (bicyclic) bond motifs is 3. The number of hydrogen-bond donors (Lipinski definition) is 0. The molecule has 0 N–H and O–H groups in total. The summed E-state index contributed by atoms with van der Waals surface area (Å²) in [5.74, 6) is 0.556. The van der Waals surface area contributed by atoms with Crippen LogP contribution in [0, 0.1) is 6.92 Å². The van der Waals surface area contributed by atoms with Crippen LogP contribution in [0.5, 0.6) is 0 Å². The smallest absolute Gasteiger partial charge is 0.372 e. The maximum Gasteiger partial charge on any atom is 0.433 e. The second-order valence-electron chi connectivity index (χ2n) is 9.50. The number of ether oxygens (including phenoxy) is 1. The lowest BCUT2D eigenvalue weighted by atomic mass is 10.0. The molecule has 3 aromatic heterocycles. The Morgan fingerprint density at radius 1 is 1.08 bits per heavy atom. The van der Waals surface area contributed by atoms with Gasteiger partial charge >= 0.3 is 6.18 Å². The standard InChI is InChI=1S/C27H21ClF3N5O2/c1-14-22(6-7-23(34-14)27(29,30)31)36(26(37)17-9-32-25(33-10-17)16-3-4-16)11-15-2-5-18-19-12-38-13-20(19)24(28)35-21(18)8-15/h2,5-10,16H,3-4,11-13H2,1H3. The van der Waals surface area contributed by atoms with E-state index < -0.39 is 17.8 Å². The van der Waals surface area contributed by atoms with E-state index in [0.717, 1.165) is 35.4 Å². The first-order valence-corrected chi connectivity index (χ1v) is 12.4. The lowest BCUT2D eigenvalue weighted by Crippen LogP contribution is -2.32. The highest BCUT2D eigenvalue weighted by Crippen LogP contribution is 2.38. The van der Waals surface area contributed by atoms with Crippen molar-refractivity contribution in [3.63, 3.8) is 0 Å². The van der Waals surface area contributed by atoms with Crippen LogP contribution in [0.2, 0.25) is 5.15 Å². The van der Waals surface area contributed by atoms with Gasteiger partial charge in [0.1, 0.15) is 16.7 Å². The summed E-state index contributed by atoms with van der Waals surface area (Å²) in [6.45, 7) is 2.34. The monoisotopic (exact) mass is 539 g/mol. The summed E-state index contributed by atoms with van der Waals surface area (Å²) in [5, 5.41) is 1.27. The molecule has 38 heavy (non-hydrogen) atoms. The van der Waals surface area contributed by atoms with E-state index in [9.17, 15) is 18.0 Å². The molecule has 7 nitrogen and oxygen atoms in total. The fourth-order valence-electron chi connectivity index (χ4n) is 4.65. The first kappa shape index (κ1) is 24.7. The van der Waals surface area contributed by atoms with Crippen LogP contribution in [0.15, 0.2) is 42.7 Å². The molecule has 0 radical (unpaired) electrons. The predicted octanol–water partition coefficient (Wildman–Crippen LogP) is 6.16. The second-order valence-corrected chi connectivity index (χ2v) is 9.86. The van der Waals surface area contributed by atoms with Crippen LogP contribution in [0.1, 0.15) is 63.0 Å². The summed E-state index contributed by atoms with van der Waals surface area (Å²) < 4.78 is 45.3. The molecule has 4 heterocycles. The number of anilines is 1. The van der Waals surface area contributed by atoms with E-state index in [1.54, 1.807) is 0 Å². The first-order valence-electron chi connectivity index (χ1n) is 12.1. The molecule has 1 saturated carbocycles. The van der Waals surface area contributed by atoms with Gasteiger partial charge in [0.05, 0.1) is 42.2 Å². The van der Waals surface area contributed by atoms with E-state index >= 15 is 0 Å². The van der Waals surface area contributed by atoms with Gasteiger partial charge in [-0.3, -0.25) is 4.79 Å². The van der Waals surface area contributed by atoms with Crippen molar-refractivity contribution < 1.29 is 22.7 Å². The summed E-state index contributed by atoms with van der Waals surface area (Å²) in [7, 11) is 0. The van der Waals surface area contributed by atoms with Crippen molar-refractivity contribution in [1.82, 2.24) is 19.9 Å². The topological polar surface area (TPSA) is 81.1 Å². The predicted molar refractivity (Wildman–Crippen MR) is 134 cm³/mol. The van der Waals surface area contributed by atoms with Crippen molar-refractivity contribution in [3.8, 4) is 0 Å². The van der Waals surface area contributed by atoms with Gasteiger partial charge < -0.3 is 9.64 Å². The summed E-state index contributed by atoms with van der Waals surface area (Å²) in [4.78, 5) is 32.0. The number of nitrogens with zero attached hydrogens (tertiary/aromatic N) is 5. The van der Waals surface area contributed by atoms with Gasteiger partial charge in [0, 0.05) is 29.3 Å². The van der Waals surface area contributed by atoms with Crippen LogP contribution in [0.4, 0.5) is 18.9 Å². The van der Waals surface area contributed by atoms with Gasteiger partial charge in [0.15, 0.2) is 0 Å². The molecule has 1 fully saturated rings. The zero-order valence-corrected chi connectivity index (χ0v) is 21.0. The van der Waals surface area contributed by atoms with E-state index in [0.29, 0.717) is 41.2 Å². The largest absolute Gasteiger partial charge is 0.433 e. The Hall–Kier alpha value is -3.63. The van der Waals surface area contributed by atoms with Gasteiger partial charge in [-0.2, -0.15) is 13.2 Å².